The van der Waals surface area contributed by atoms with Gasteiger partial charge in [0.05, 0.1) is 69.2 Å². The number of hydrogen-bond donors (Lipinski definition) is 4. The lowest BCUT2D eigenvalue weighted by Crippen LogP contribution is -2.62. The van der Waals surface area contributed by atoms with Crippen LogP contribution < -0.4 is 21.0 Å². The molecule has 5 heterocycles. The molecule has 6 atom stereocenters. The maximum absolute atomic E-state index is 16.0. The Bertz CT molecular complexity index is 2680. The lowest BCUT2D eigenvalue weighted by molar-refractivity contribution is -0.148. The van der Waals surface area contributed by atoms with Crippen molar-refractivity contribution in [2.75, 3.05) is 52.0 Å². The van der Waals surface area contributed by atoms with E-state index in [9.17, 15) is 33.1 Å². The Kier molecular flexibility index (Phi) is 17.9. The molecule has 18 nitrogen and oxygen atoms in total. The number of anilines is 1. The molecule has 3 fully saturated rings. The van der Waals surface area contributed by atoms with Crippen LogP contribution in [0.5, 0.6) is 0 Å². The van der Waals surface area contributed by atoms with Crippen molar-refractivity contribution < 1.29 is 56.1 Å². The van der Waals surface area contributed by atoms with E-state index >= 15 is 8.78 Å². The second-order valence-electron chi connectivity index (χ2n) is 21.4. The molecule has 2 aromatic heterocycles. The number of aliphatic hydroxyl groups excluding tert-OH is 1. The average molecular weight is 1050 g/mol. The van der Waals surface area contributed by atoms with Gasteiger partial charge in [0, 0.05) is 73.5 Å². The number of methoxy groups -OCH3 is 2. The highest BCUT2D eigenvalue weighted by Gasteiger charge is 2.46. The maximum atomic E-state index is 16.0. The zero-order valence-corrected chi connectivity index (χ0v) is 43.4. The molecule has 3 aliphatic heterocycles. The van der Waals surface area contributed by atoms with Crippen LogP contribution in [0.1, 0.15) is 89.6 Å². The first-order chi connectivity index (χ1) is 35.5. The number of carbonyl (C=O) groups excluding carboxylic acids is 4. The summed E-state index contributed by atoms with van der Waals surface area (Å²) in [5.41, 5.74) is 1.96. The van der Waals surface area contributed by atoms with Crippen LogP contribution in [0.25, 0.3) is 11.3 Å². The summed E-state index contributed by atoms with van der Waals surface area (Å²) in [7, 11) is 2.32. The second-order valence-corrected chi connectivity index (χ2v) is 21.4. The van der Waals surface area contributed by atoms with Crippen molar-refractivity contribution in [2.24, 2.45) is 16.7 Å². The van der Waals surface area contributed by atoms with Crippen LogP contribution in [0.2, 0.25) is 0 Å². The van der Waals surface area contributed by atoms with Gasteiger partial charge < -0.3 is 34.9 Å². The minimum atomic E-state index is -2.99. The van der Waals surface area contributed by atoms with Crippen molar-refractivity contribution >= 4 is 29.8 Å². The normalized spacial score (nSPS) is 18.6. The first kappa shape index (κ1) is 56.1. The third-order valence-corrected chi connectivity index (χ3v) is 13.9. The van der Waals surface area contributed by atoms with Gasteiger partial charge in [0.25, 0.3) is 0 Å². The van der Waals surface area contributed by atoms with E-state index in [1.165, 1.54) is 13.2 Å². The summed E-state index contributed by atoms with van der Waals surface area (Å²) < 4.78 is 74.1. The number of nitrogens with zero attached hydrogens (tertiary/aromatic N) is 7. The molecule has 0 aliphatic carbocycles. The van der Waals surface area contributed by atoms with Gasteiger partial charge in [-0.2, -0.15) is 13.9 Å². The number of fused-ring (bicyclic) bond motifs is 2. The molecule has 22 heteroatoms. The van der Waals surface area contributed by atoms with Gasteiger partial charge in [-0.05, 0) is 66.0 Å². The van der Waals surface area contributed by atoms with Crippen molar-refractivity contribution in [3.63, 3.8) is 0 Å². The minimum absolute atomic E-state index is 0.0349. The number of esters is 1. The molecular formula is C53H66F4N10O8. The minimum Gasteiger partial charge on any atom is -0.469 e. The number of alkyl halides is 2. The number of amides is 3. The Labute approximate surface area is 433 Å². The molecule has 3 amide bonds. The first-order valence-electron chi connectivity index (χ1n) is 24.8. The summed E-state index contributed by atoms with van der Waals surface area (Å²) in [6.07, 6.45) is 3.77. The number of hydrogen-bond acceptors (Lipinski definition) is 14. The van der Waals surface area contributed by atoms with Gasteiger partial charge in [0.15, 0.2) is 0 Å². The molecule has 7 rings (SSSR count). The number of ether oxygens (including phenoxy) is 3. The van der Waals surface area contributed by atoms with Crippen molar-refractivity contribution in [1.82, 2.24) is 45.7 Å². The lowest BCUT2D eigenvalue weighted by atomic mass is 9.78. The number of hydrazine groups is 1. The molecule has 2 bridgehead atoms. The number of benzene rings is 2. The highest BCUT2D eigenvalue weighted by atomic mass is 19.3. The van der Waals surface area contributed by atoms with Crippen LogP contribution in [-0.4, -0.2) is 142 Å². The second kappa shape index (κ2) is 23.9. The van der Waals surface area contributed by atoms with E-state index in [0.29, 0.717) is 45.4 Å². The van der Waals surface area contributed by atoms with E-state index in [1.54, 1.807) is 78.2 Å². The van der Waals surface area contributed by atoms with Crippen LogP contribution in [0, 0.1) is 40.2 Å². The molecule has 404 valence electrons. The number of halogens is 4. The Balaban J connectivity index is 1.13. The summed E-state index contributed by atoms with van der Waals surface area (Å²) in [4.78, 5) is 67.4. The first-order valence-corrected chi connectivity index (χ1v) is 24.8. The zero-order chi connectivity index (χ0) is 54.4. The predicted octanol–water partition coefficient (Wildman–Crippen LogP) is 5.38. The zero-order valence-electron chi connectivity index (χ0n) is 43.4. The molecule has 0 saturated carbocycles. The standard InChI is InChI=1S/C53H66F4N10O8/c1-52(2,3)39(22-45(69)73-7)47(70)63-65(27-38-40(54)20-34(21-41(38)55)42-17-18-66(62-42)49(56)57)28-44(68)43(60-48(71)46(53(4,5)6)61-51(72)74-8)19-32-12-9-31(10-13-32)11-14-33-23-58-50(59-24-33)64-25-35-15-16-36(26-64)67(35)37-29-75-30-37/h9-10,12-13,17-18,20-21,23-24,35-37,39,43-44,46,49,68H,15-16,19,22,25-30H2,1-8H3,(H,60,71)(H,61,72)(H,63,70)/t35?,36?,39-,43+,44+,46-/m1/s1. The number of piperazine rings is 1. The van der Waals surface area contributed by atoms with Crippen molar-refractivity contribution in [3.05, 3.63) is 94.9 Å². The quantitative estimate of drug-likeness (QED) is 0.0428. The van der Waals surface area contributed by atoms with Gasteiger partial charge in [-0.3, -0.25) is 24.7 Å². The Morgan fingerprint density at radius 2 is 1.48 bits per heavy atom. The topological polar surface area (TPSA) is 206 Å². The van der Waals surface area contributed by atoms with E-state index in [-0.39, 0.29) is 24.1 Å². The number of carbonyl (C=O) groups is 4. The van der Waals surface area contributed by atoms with Gasteiger partial charge in [0.2, 0.25) is 17.8 Å². The largest absolute Gasteiger partial charge is 0.469 e. The molecule has 0 spiro atoms. The van der Waals surface area contributed by atoms with Gasteiger partial charge >= 0.3 is 18.6 Å². The molecule has 2 aromatic carbocycles. The summed E-state index contributed by atoms with van der Waals surface area (Å²) in [6, 6.07) is 9.04. The Morgan fingerprint density at radius 3 is 2.01 bits per heavy atom. The number of aromatic nitrogens is 4. The molecule has 4 N–H and O–H groups in total. The van der Waals surface area contributed by atoms with Crippen LogP contribution in [0.4, 0.5) is 28.3 Å². The van der Waals surface area contributed by atoms with Gasteiger partial charge in [-0.1, -0.05) is 65.5 Å². The SMILES string of the molecule is COC(=O)C[C@H](C(=O)NN(Cc1c(F)cc(-c2ccn(C(F)F)n2)cc1F)C[C@H](O)[C@H](Cc1ccc(C#Cc2cnc(N3CC4CCC(C3)N4C3COC3)nc2)cc1)NC(=O)[C@@H](NC(=O)OC)C(C)(C)C)C(C)(C)C. The van der Waals surface area contributed by atoms with Crippen LogP contribution in [0.15, 0.2) is 61.1 Å². The van der Waals surface area contributed by atoms with Crippen LogP contribution in [0.3, 0.4) is 0 Å². The van der Waals surface area contributed by atoms with Crippen LogP contribution >= 0.6 is 0 Å². The van der Waals surface area contributed by atoms with E-state index in [2.05, 4.69) is 52.8 Å². The fourth-order valence-corrected chi connectivity index (χ4v) is 9.64. The smallest absolute Gasteiger partial charge is 0.407 e. The number of rotatable bonds is 18. The fraction of sp³-hybridized carbons (Fsp3) is 0.528. The summed E-state index contributed by atoms with van der Waals surface area (Å²) in [5.74, 6) is 1.49. The van der Waals surface area contributed by atoms with E-state index < -0.39 is 95.6 Å². The van der Waals surface area contributed by atoms with Gasteiger partial charge in [0.1, 0.15) is 17.7 Å². The fourth-order valence-electron chi connectivity index (χ4n) is 9.64. The number of alkyl carbamates (subject to hydrolysis) is 1. The third kappa shape index (κ3) is 14.2. The summed E-state index contributed by atoms with van der Waals surface area (Å²) in [5, 5.41) is 22.4. The van der Waals surface area contributed by atoms with Crippen molar-refractivity contribution in [3.8, 4) is 23.1 Å². The number of aliphatic hydroxyl groups is 1. The van der Waals surface area contributed by atoms with E-state index in [0.717, 1.165) is 69.6 Å². The van der Waals surface area contributed by atoms with E-state index in [4.69, 9.17) is 14.2 Å². The monoisotopic (exact) mass is 1050 g/mol. The van der Waals surface area contributed by atoms with E-state index in [1.807, 2.05) is 0 Å². The van der Waals surface area contributed by atoms with Gasteiger partial charge in [-0.15, -0.1) is 0 Å². The van der Waals surface area contributed by atoms with Crippen LogP contribution in [-0.2, 0) is 41.6 Å². The molecule has 0 radical (unpaired) electrons. The van der Waals surface area contributed by atoms with Gasteiger partial charge in [-0.25, -0.2) is 33.2 Å². The van der Waals surface area contributed by atoms with Crippen molar-refractivity contribution in [1.29, 1.82) is 0 Å². The third-order valence-electron chi connectivity index (χ3n) is 13.9. The highest BCUT2D eigenvalue weighted by molar-refractivity contribution is 5.87. The summed E-state index contributed by atoms with van der Waals surface area (Å²) in [6.45, 7) is 9.33. The summed E-state index contributed by atoms with van der Waals surface area (Å²) >= 11 is 0. The Morgan fingerprint density at radius 1 is 0.853 bits per heavy atom. The van der Waals surface area contributed by atoms with Crippen molar-refractivity contribution in [2.45, 2.75) is 117 Å². The predicted molar refractivity (Wildman–Crippen MR) is 267 cm³/mol. The molecule has 75 heavy (non-hydrogen) atoms. The maximum Gasteiger partial charge on any atom is 0.407 e. The molecule has 3 aliphatic rings. The Hall–Kier alpha value is -6.67. The molecule has 4 aromatic rings. The lowest BCUT2D eigenvalue weighted by Gasteiger charge is -2.47. The molecule has 2 unspecified atom stereocenters. The molecular weight excluding hydrogens is 981 g/mol. The average Bonchev–Trinajstić information content (AvgIpc) is 3.93. The highest BCUT2D eigenvalue weighted by Crippen LogP contribution is 2.35. The molecule has 3 saturated heterocycles. The number of nitrogens with one attached hydrogen (secondary N) is 3.